The van der Waals surface area contributed by atoms with Gasteiger partial charge < -0.3 is 18.8 Å². The van der Waals surface area contributed by atoms with E-state index < -0.39 is 17.8 Å². The fourth-order valence-corrected chi connectivity index (χ4v) is 4.67. The van der Waals surface area contributed by atoms with Gasteiger partial charge in [0, 0.05) is 11.6 Å². The van der Waals surface area contributed by atoms with Crippen LogP contribution in [0.5, 0.6) is 11.5 Å². The number of hydrogen-bond acceptors (Lipinski definition) is 5. The van der Waals surface area contributed by atoms with E-state index in [0.717, 1.165) is 5.56 Å². The van der Waals surface area contributed by atoms with Crippen LogP contribution in [0.4, 0.5) is 4.39 Å². The van der Waals surface area contributed by atoms with Crippen LogP contribution in [0.3, 0.4) is 0 Å². The third-order valence-corrected chi connectivity index (χ3v) is 6.44. The Morgan fingerprint density at radius 1 is 0.971 bits per heavy atom. The number of carbonyl (C=O) groups excluding carboxylic acids is 1. The zero-order valence-corrected chi connectivity index (χ0v) is 19.8. The summed E-state index contributed by atoms with van der Waals surface area (Å²) in [5.41, 5.74) is 1.70. The minimum absolute atomic E-state index is 0.00791. The largest absolute Gasteiger partial charge is 0.493 e. The van der Waals surface area contributed by atoms with E-state index in [1.165, 1.54) is 18.2 Å². The van der Waals surface area contributed by atoms with Crippen molar-refractivity contribution in [2.75, 3.05) is 20.8 Å². The summed E-state index contributed by atoms with van der Waals surface area (Å²) in [6, 6.07) is 15.3. The molecule has 0 N–H and O–H groups in total. The molecule has 2 heterocycles. The van der Waals surface area contributed by atoms with Crippen LogP contribution >= 0.6 is 11.6 Å². The highest BCUT2D eigenvalue weighted by Gasteiger charge is 2.42. The van der Waals surface area contributed by atoms with Crippen LogP contribution in [0.15, 0.2) is 69.9 Å². The summed E-state index contributed by atoms with van der Waals surface area (Å²) in [5, 5.41) is 0.676. The molecule has 1 aliphatic heterocycles. The lowest BCUT2D eigenvalue weighted by atomic mass is 9.98. The quantitative estimate of drug-likeness (QED) is 0.360. The Labute approximate surface area is 205 Å². The summed E-state index contributed by atoms with van der Waals surface area (Å²) in [6.07, 6.45) is 0.483. The van der Waals surface area contributed by atoms with Crippen LogP contribution in [0.1, 0.15) is 33.3 Å². The van der Waals surface area contributed by atoms with Gasteiger partial charge in [0.25, 0.3) is 5.91 Å². The molecule has 1 aromatic heterocycles. The topological polar surface area (TPSA) is 69.0 Å². The van der Waals surface area contributed by atoms with Crippen molar-refractivity contribution >= 4 is 28.5 Å². The number of amides is 1. The summed E-state index contributed by atoms with van der Waals surface area (Å²) >= 11 is 6.11. The van der Waals surface area contributed by atoms with Gasteiger partial charge in [0.15, 0.2) is 16.9 Å². The molecule has 0 radical (unpaired) electrons. The molecule has 0 fully saturated rings. The number of halogens is 2. The lowest BCUT2D eigenvalue weighted by Crippen LogP contribution is -2.31. The van der Waals surface area contributed by atoms with Crippen molar-refractivity contribution in [3.05, 3.63) is 104 Å². The molecule has 0 saturated carbocycles. The molecule has 3 aromatic carbocycles. The van der Waals surface area contributed by atoms with E-state index in [1.807, 2.05) is 12.1 Å². The fourth-order valence-electron chi connectivity index (χ4n) is 4.50. The molecule has 0 unspecified atom stereocenters. The average molecular weight is 494 g/mol. The Kier molecular flexibility index (Phi) is 5.94. The SMILES string of the molecule is COc1ccc(CCN2C(=O)c3oc4ccc(Cl)cc4c(=O)c3[C@H]2c2ccc(F)cc2)cc1OC. The summed E-state index contributed by atoms with van der Waals surface area (Å²) in [6.45, 7) is 0.289. The molecule has 178 valence electrons. The predicted octanol–water partition coefficient (Wildman–Crippen LogP) is 5.39. The molecule has 4 aromatic rings. The molecule has 1 atom stereocenters. The highest BCUT2D eigenvalue weighted by Crippen LogP contribution is 2.39. The molecular formula is C27H21ClFNO5. The number of rotatable bonds is 6. The van der Waals surface area contributed by atoms with Crippen molar-refractivity contribution in [2.45, 2.75) is 12.5 Å². The van der Waals surface area contributed by atoms with Crippen LogP contribution in [0.2, 0.25) is 5.02 Å². The molecule has 0 bridgehead atoms. The van der Waals surface area contributed by atoms with E-state index in [1.54, 1.807) is 49.5 Å². The third kappa shape index (κ3) is 4.02. The first-order valence-electron chi connectivity index (χ1n) is 10.9. The summed E-state index contributed by atoms with van der Waals surface area (Å²) in [5.74, 6) is 0.365. The first-order chi connectivity index (χ1) is 16.9. The van der Waals surface area contributed by atoms with Gasteiger partial charge in [-0.25, -0.2) is 4.39 Å². The molecule has 0 aliphatic carbocycles. The maximum Gasteiger partial charge on any atom is 0.290 e. The highest BCUT2D eigenvalue weighted by atomic mass is 35.5. The van der Waals surface area contributed by atoms with Gasteiger partial charge in [-0.05, 0) is 60.0 Å². The van der Waals surface area contributed by atoms with Gasteiger partial charge in [-0.3, -0.25) is 9.59 Å². The number of benzene rings is 3. The highest BCUT2D eigenvalue weighted by molar-refractivity contribution is 6.31. The lowest BCUT2D eigenvalue weighted by molar-refractivity contribution is 0.0730. The molecule has 1 amide bonds. The van der Waals surface area contributed by atoms with E-state index in [4.69, 9.17) is 25.5 Å². The standard InChI is InChI=1S/C27H21ClFNO5/c1-33-21-9-3-15(13-22(21)34-2)11-12-30-24(16-4-7-18(29)8-5-16)23-25(31)19-14-17(28)6-10-20(19)35-26(23)27(30)32/h3-10,13-14,24H,11-12H2,1-2H3/t24-/m1/s1. The predicted molar refractivity (Wildman–Crippen MR) is 130 cm³/mol. The van der Waals surface area contributed by atoms with E-state index in [-0.39, 0.29) is 34.3 Å². The second-order valence-corrected chi connectivity index (χ2v) is 8.64. The van der Waals surface area contributed by atoms with Crippen molar-refractivity contribution in [3.8, 4) is 11.5 Å². The van der Waals surface area contributed by atoms with Gasteiger partial charge in [-0.1, -0.05) is 29.8 Å². The summed E-state index contributed by atoms with van der Waals surface area (Å²) in [4.78, 5) is 28.6. The molecule has 6 nitrogen and oxygen atoms in total. The molecule has 8 heteroatoms. The third-order valence-electron chi connectivity index (χ3n) is 6.20. The van der Waals surface area contributed by atoms with Gasteiger partial charge in [0.05, 0.1) is 31.2 Å². The van der Waals surface area contributed by atoms with E-state index in [0.29, 0.717) is 28.5 Å². The first kappa shape index (κ1) is 22.9. The molecule has 5 rings (SSSR count). The van der Waals surface area contributed by atoms with E-state index >= 15 is 0 Å². The average Bonchev–Trinajstić information content (AvgIpc) is 3.15. The van der Waals surface area contributed by atoms with Gasteiger partial charge >= 0.3 is 0 Å². The van der Waals surface area contributed by atoms with Crippen molar-refractivity contribution < 1.29 is 23.1 Å². The maximum atomic E-state index is 13.7. The van der Waals surface area contributed by atoms with Crippen molar-refractivity contribution in [1.29, 1.82) is 0 Å². The number of fused-ring (bicyclic) bond motifs is 2. The smallest absolute Gasteiger partial charge is 0.290 e. The Bertz CT molecular complexity index is 1500. The number of methoxy groups -OCH3 is 2. The Hall–Kier alpha value is -3.84. The summed E-state index contributed by atoms with van der Waals surface area (Å²) in [7, 11) is 3.12. The molecular weight excluding hydrogens is 473 g/mol. The minimum atomic E-state index is -0.724. The summed E-state index contributed by atoms with van der Waals surface area (Å²) < 4.78 is 30.3. The van der Waals surface area contributed by atoms with Crippen molar-refractivity contribution in [2.24, 2.45) is 0 Å². The number of nitrogens with zero attached hydrogens (tertiary/aromatic N) is 1. The van der Waals surface area contributed by atoms with Crippen molar-refractivity contribution in [1.82, 2.24) is 4.90 Å². The second kappa shape index (κ2) is 9.07. The number of hydrogen-bond donors (Lipinski definition) is 0. The zero-order valence-electron chi connectivity index (χ0n) is 19.0. The molecule has 35 heavy (non-hydrogen) atoms. The first-order valence-corrected chi connectivity index (χ1v) is 11.3. The Morgan fingerprint density at radius 2 is 1.71 bits per heavy atom. The Morgan fingerprint density at radius 3 is 2.43 bits per heavy atom. The van der Waals surface area contributed by atoms with Gasteiger partial charge in [0.1, 0.15) is 11.4 Å². The van der Waals surface area contributed by atoms with Crippen LogP contribution in [-0.4, -0.2) is 31.6 Å². The van der Waals surface area contributed by atoms with Crippen molar-refractivity contribution in [3.63, 3.8) is 0 Å². The van der Waals surface area contributed by atoms with Gasteiger partial charge in [-0.2, -0.15) is 0 Å². The van der Waals surface area contributed by atoms with Gasteiger partial charge in [0.2, 0.25) is 5.76 Å². The molecule has 0 saturated heterocycles. The van der Waals surface area contributed by atoms with Crippen LogP contribution < -0.4 is 14.9 Å². The normalized spacial score (nSPS) is 14.9. The van der Waals surface area contributed by atoms with Crippen LogP contribution in [0.25, 0.3) is 11.0 Å². The zero-order chi connectivity index (χ0) is 24.7. The lowest BCUT2D eigenvalue weighted by Gasteiger charge is -2.25. The van der Waals surface area contributed by atoms with Crippen LogP contribution in [0, 0.1) is 5.82 Å². The fraction of sp³-hybridized carbons (Fsp3) is 0.185. The van der Waals surface area contributed by atoms with Gasteiger partial charge in [-0.15, -0.1) is 0 Å². The maximum absolute atomic E-state index is 13.7. The second-order valence-electron chi connectivity index (χ2n) is 8.21. The Balaban J connectivity index is 1.58. The number of carbonyl (C=O) groups is 1. The molecule has 0 spiro atoms. The van der Waals surface area contributed by atoms with E-state index in [9.17, 15) is 14.0 Å². The number of ether oxygens (including phenoxy) is 2. The van der Waals surface area contributed by atoms with E-state index in [2.05, 4.69) is 0 Å². The monoisotopic (exact) mass is 493 g/mol. The van der Waals surface area contributed by atoms with Crippen LogP contribution in [-0.2, 0) is 6.42 Å². The molecule has 1 aliphatic rings. The minimum Gasteiger partial charge on any atom is -0.493 e.